The molecule has 2 heterocycles. The van der Waals surface area contributed by atoms with Gasteiger partial charge in [0.15, 0.2) is 0 Å². The van der Waals surface area contributed by atoms with Crippen LogP contribution in [0.2, 0.25) is 0 Å². The Morgan fingerprint density at radius 1 is 1.21 bits per heavy atom. The van der Waals surface area contributed by atoms with E-state index in [1.807, 2.05) is 38.3 Å². The Morgan fingerprint density at radius 2 is 1.92 bits per heavy atom. The van der Waals surface area contributed by atoms with Crippen molar-refractivity contribution in [2.45, 2.75) is 25.3 Å². The van der Waals surface area contributed by atoms with Gasteiger partial charge in [0.25, 0.3) is 11.7 Å². The molecule has 24 heavy (non-hydrogen) atoms. The maximum atomic E-state index is 12.6. The summed E-state index contributed by atoms with van der Waals surface area (Å²) in [5, 5.41) is 4.29. The monoisotopic (exact) mass is 341 g/mol. The predicted molar refractivity (Wildman–Crippen MR) is 94.3 cm³/mol. The maximum Gasteiger partial charge on any atom is 0.293 e. The first kappa shape index (κ1) is 16.4. The molecule has 2 aromatic heterocycles. The normalized spacial score (nSPS) is 11.0. The van der Waals surface area contributed by atoms with Crippen LogP contribution in [0, 0.1) is 13.8 Å². The molecule has 0 N–H and O–H groups in total. The molecule has 7 heteroatoms. The van der Waals surface area contributed by atoms with Crippen LogP contribution in [0.15, 0.2) is 35.2 Å². The fourth-order valence-corrected chi connectivity index (χ4v) is 2.91. The zero-order valence-corrected chi connectivity index (χ0v) is 15.0. The van der Waals surface area contributed by atoms with Crippen molar-refractivity contribution >= 4 is 23.4 Å². The standard InChI is InChI=1S/C17H19N5OS/c1-11-9-12(2)22-17(18-11)19-15(20-22)16(23)21(3)10-13-5-7-14(24-4)8-6-13/h5-9H,10H2,1-4H3. The van der Waals surface area contributed by atoms with Crippen molar-refractivity contribution in [1.29, 1.82) is 0 Å². The summed E-state index contributed by atoms with van der Waals surface area (Å²) in [5.74, 6) is 0.402. The molecule has 0 radical (unpaired) electrons. The number of hydrogen-bond acceptors (Lipinski definition) is 5. The molecule has 0 aliphatic heterocycles. The molecule has 0 aliphatic rings. The number of aromatic nitrogens is 4. The van der Waals surface area contributed by atoms with Crippen molar-refractivity contribution in [1.82, 2.24) is 24.5 Å². The average Bonchev–Trinajstić information content (AvgIpc) is 2.99. The Kier molecular flexibility index (Phi) is 4.53. The molecular formula is C17H19N5OS. The van der Waals surface area contributed by atoms with Crippen LogP contribution < -0.4 is 0 Å². The van der Waals surface area contributed by atoms with Crippen molar-refractivity contribution in [2.75, 3.05) is 13.3 Å². The third-order valence-electron chi connectivity index (χ3n) is 3.74. The highest BCUT2D eigenvalue weighted by Crippen LogP contribution is 2.16. The lowest BCUT2D eigenvalue weighted by Crippen LogP contribution is -2.27. The van der Waals surface area contributed by atoms with Crippen LogP contribution in [0.3, 0.4) is 0 Å². The van der Waals surface area contributed by atoms with Gasteiger partial charge in [-0.15, -0.1) is 16.9 Å². The van der Waals surface area contributed by atoms with E-state index in [0.29, 0.717) is 12.3 Å². The van der Waals surface area contributed by atoms with Gasteiger partial charge in [-0.3, -0.25) is 4.79 Å². The molecule has 124 valence electrons. The van der Waals surface area contributed by atoms with Crippen LogP contribution in [0.4, 0.5) is 0 Å². The second kappa shape index (κ2) is 6.60. The molecule has 3 aromatic rings. The summed E-state index contributed by atoms with van der Waals surface area (Å²) >= 11 is 1.69. The number of thioether (sulfide) groups is 1. The fraction of sp³-hybridized carbons (Fsp3) is 0.294. The molecule has 0 spiro atoms. The molecule has 3 rings (SSSR count). The summed E-state index contributed by atoms with van der Waals surface area (Å²) in [6, 6.07) is 10.1. The minimum absolute atomic E-state index is 0.166. The highest BCUT2D eigenvalue weighted by atomic mass is 32.2. The number of aryl methyl sites for hydroxylation is 2. The molecule has 0 unspecified atom stereocenters. The molecule has 6 nitrogen and oxygen atoms in total. The summed E-state index contributed by atoms with van der Waals surface area (Å²) < 4.78 is 1.60. The Labute approximate surface area is 144 Å². The molecule has 0 saturated heterocycles. The molecular weight excluding hydrogens is 322 g/mol. The lowest BCUT2D eigenvalue weighted by Gasteiger charge is -2.15. The number of carbonyl (C=O) groups is 1. The van der Waals surface area contributed by atoms with Gasteiger partial charge in [-0.2, -0.15) is 4.98 Å². The van der Waals surface area contributed by atoms with E-state index in [9.17, 15) is 4.79 Å². The minimum atomic E-state index is -0.216. The molecule has 1 aromatic carbocycles. The van der Waals surface area contributed by atoms with Crippen molar-refractivity contribution in [3.63, 3.8) is 0 Å². The van der Waals surface area contributed by atoms with E-state index >= 15 is 0 Å². The second-order valence-corrected chi connectivity index (χ2v) is 6.58. The van der Waals surface area contributed by atoms with Crippen LogP contribution in [-0.2, 0) is 6.54 Å². The van der Waals surface area contributed by atoms with Crippen LogP contribution >= 0.6 is 11.8 Å². The number of rotatable bonds is 4. The fourth-order valence-electron chi connectivity index (χ4n) is 2.50. The van der Waals surface area contributed by atoms with Crippen molar-refractivity contribution < 1.29 is 4.79 Å². The van der Waals surface area contributed by atoms with Gasteiger partial charge in [0.1, 0.15) is 0 Å². The van der Waals surface area contributed by atoms with E-state index < -0.39 is 0 Å². The summed E-state index contributed by atoms with van der Waals surface area (Å²) in [4.78, 5) is 24.0. The SMILES string of the molecule is CSc1ccc(CN(C)C(=O)c2nc3nc(C)cc(C)n3n2)cc1. The average molecular weight is 341 g/mol. The van der Waals surface area contributed by atoms with Gasteiger partial charge in [-0.1, -0.05) is 12.1 Å². The number of amides is 1. The molecule has 1 amide bonds. The van der Waals surface area contributed by atoms with Gasteiger partial charge in [0, 0.05) is 29.9 Å². The number of nitrogens with zero attached hydrogens (tertiary/aromatic N) is 5. The van der Waals surface area contributed by atoms with E-state index in [4.69, 9.17) is 0 Å². The predicted octanol–water partition coefficient (Wildman–Crippen LogP) is 2.74. The Morgan fingerprint density at radius 3 is 2.58 bits per heavy atom. The van der Waals surface area contributed by atoms with Gasteiger partial charge < -0.3 is 4.90 Å². The number of hydrogen-bond donors (Lipinski definition) is 0. The summed E-state index contributed by atoms with van der Waals surface area (Å²) in [6.07, 6.45) is 2.04. The highest BCUT2D eigenvalue weighted by Gasteiger charge is 2.19. The smallest absolute Gasteiger partial charge is 0.293 e. The van der Waals surface area contributed by atoms with Gasteiger partial charge in [0.2, 0.25) is 5.82 Å². The number of carbonyl (C=O) groups excluding carboxylic acids is 1. The molecule has 0 atom stereocenters. The highest BCUT2D eigenvalue weighted by molar-refractivity contribution is 7.98. The summed E-state index contributed by atoms with van der Waals surface area (Å²) in [7, 11) is 1.75. The van der Waals surface area contributed by atoms with E-state index in [1.54, 1.807) is 28.2 Å². The van der Waals surface area contributed by atoms with Crippen molar-refractivity contribution in [3.05, 3.63) is 53.1 Å². The van der Waals surface area contributed by atoms with Gasteiger partial charge in [-0.05, 0) is 43.9 Å². The maximum absolute atomic E-state index is 12.6. The first-order valence-electron chi connectivity index (χ1n) is 7.57. The third-order valence-corrected chi connectivity index (χ3v) is 4.48. The van der Waals surface area contributed by atoms with Crippen molar-refractivity contribution in [2.24, 2.45) is 0 Å². The van der Waals surface area contributed by atoms with E-state index in [0.717, 1.165) is 17.0 Å². The lowest BCUT2D eigenvalue weighted by atomic mass is 10.2. The first-order chi connectivity index (χ1) is 11.5. The molecule has 0 bridgehead atoms. The quantitative estimate of drug-likeness (QED) is 0.683. The third kappa shape index (κ3) is 3.26. The Bertz CT molecular complexity index is 888. The topological polar surface area (TPSA) is 63.4 Å². The zero-order chi connectivity index (χ0) is 17.3. The van der Waals surface area contributed by atoms with Gasteiger partial charge >= 0.3 is 0 Å². The molecule has 0 saturated carbocycles. The Balaban J connectivity index is 1.81. The molecule has 0 aliphatic carbocycles. The van der Waals surface area contributed by atoms with E-state index in [2.05, 4.69) is 27.2 Å². The largest absolute Gasteiger partial charge is 0.335 e. The summed E-state index contributed by atoms with van der Waals surface area (Å²) in [6.45, 7) is 4.32. The first-order valence-corrected chi connectivity index (χ1v) is 8.80. The Hall–Kier alpha value is -2.41. The van der Waals surface area contributed by atoms with Crippen LogP contribution in [0.25, 0.3) is 5.78 Å². The van der Waals surface area contributed by atoms with Crippen LogP contribution in [0.5, 0.6) is 0 Å². The summed E-state index contributed by atoms with van der Waals surface area (Å²) in [5.41, 5.74) is 2.82. The van der Waals surface area contributed by atoms with E-state index in [-0.39, 0.29) is 11.7 Å². The molecule has 0 fully saturated rings. The van der Waals surface area contributed by atoms with Crippen molar-refractivity contribution in [3.8, 4) is 0 Å². The van der Waals surface area contributed by atoms with E-state index in [1.165, 1.54) is 4.90 Å². The number of benzene rings is 1. The zero-order valence-electron chi connectivity index (χ0n) is 14.1. The lowest BCUT2D eigenvalue weighted by molar-refractivity contribution is 0.0773. The van der Waals surface area contributed by atoms with Crippen LogP contribution in [0.1, 0.15) is 27.6 Å². The second-order valence-electron chi connectivity index (χ2n) is 5.70. The van der Waals surface area contributed by atoms with Gasteiger partial charge in [0.05, 0.1) is 0 Å². The van der Waals surface area contributed by atoms with Gasteiger partial charge in [-0.25, -0.2) is 9.50 Å². The number of fused-ring (bicyclic) bond motifs is 1. The van der Waals surface area contributed by atoms with Crippen LogP contribution in [-0.4, -0.2) is 43.7 Å². The minimum Gasteiger partial charge on any atom is -0.335 e.